The van der Waals surface area contributed by atoms with Gasteiger partial charge in [0.25, 0.3) is 0 Å². The van der Waals surface area contributed by atoms with Crippen LogP contribution in [0.4, 0.5) is 0 Å². The number of benzene rings is 1. The predicted molar refractivity (Wildman–Crippen MR) is 67.0 cm³/mol. The predicted octanol–water partition coefficient (Wildman–Crippen LogP) is 2.37. The lowest BCUT2D eigenvalue weighted by atomic mass is 10.2. The number of esters is 1. The third kappa shape index (κ3) is 2.34. The van der Waals surface area contributed by atoms with Crippen LogP contribution in [0.3, 0.4) is 0 Å². The Morgan fingerprint density at radius 1 is 1.47 bits per heavy atom. The van der Waals surface area contributed by atoms with Gasteiger partial charge >= 0.3 is 5.97 Å². The fourth-order valence-electron chi connectivity index (χ4n) is 1.53. The molecule has 0 fully saturated rings. The number of nitrogens with zero attached hydrogens (tertiary/aromatic N) is 1. The van der Waals surface area contributed by atoms with Crippen molar-refractivity contribution in [2.45, 2.75) is 0 Å². The minimum atomic E-state index is -0.797. The van der Waals surface area contributed by atoms with Crippen molar-refractivity contribution >= 4 is 23.0 Å². The molecular formula is C14H9NO4. The van der Waals surface area contributed by atoms with Gasteiger partial charge in [0.1, 0.15) is 11.7 Å². The van der Waals surface area contributed by atoms with E-state index in [4.69, 9.17) is 9.68 Å². The maximum atomic E-state index is 11.2. The van der Waals surface area contributed by atoms with E-state index < -0.39 is 5.97 Å². The summed E-state index contributed by atoms with van der Waals surface area (Å²) in [6, 6.07) is 8.57. The third-order valence-electron chi connectivity index (χ3n) is 2.44. The number of hydrogen-bond acceptors (Lipinski definition) is 5. The highest BCUT2D eigenvalue weighted by Gasteiger charge is 2.11. The Morgan fingerprint density at radius 2 is 2.21 bits per heavy atom. The number of aromatic hydroxyl groups is 1. The topological polar surface area (TPSA) is 83.5 Å². The molecular weight excluding hydrogens is 246 g/mol. The normalized spacial score (nSPS) is 9.47. The molecule has 1 heterocycles. The van der Waals surface area contributed by atoms with Crippen molar-refractivity contribution in [1.29, 1.82) is 5.26 Å². The molecule has 0 saturated heterocycles. The molecule has 0 bridgehead atoms. The molecule has 0 aliphatic rings. The number of carbonyl (C=O) groups excluding carboxylic acids is 1. The van der Waals surface area contributed by atoms with Crippen LogP contribution in [-0.4, -0.2) is 18.2 Å². The van der Waals surface area contributed by atoms with Crippen molar-refractivity contribution in [2.75, 3.05) is 7.11 Å². The lowest BCUT2D eigenvalue weighted by Crippen LogP contribution is -2.01. The summed E-state index contributed by atoms with van der Waals surface area (Å²) in [5, 5.41) is 19.2. The summed E-state index contributed by atoms with van der Waals surface area (Å²) in [7, 11) is 1.17. The molecule has 0 spiro atoms. The summed E-state index contributed by atoms with van der Waals surface area (Å²) in [5.41, 5.74) is 2.64. The van der Waals surface area contributed by atoms with Crippen LogP contribution in [0.1, 0.15) is 5.76 Å². The minimum Gasteiger partial charge on any atom is -0.504 e. The molecule has 5 nitrogen and oxygen atoms in total. The molecule has 19 heavy (non-hydrogen) atoms. The maximum absolute atomic E-state index is 11.2. The molecule has 0 atom stereocenters. The largest absolute Gasteiger partial charge is 0.504 e. The minimum absolute atomic E-state index is 0.0646. The average molecular weight is 255 g/mol. The quantitative estimate of drug-likeness (QED) is 0.385. The SMILES string of the molecule is COC(=O)C(=C=Cc1oc2ccccc2c1O)C#N. The first-order valence-electron chi connectivity index (χ1n) is 5.33. The summed E-state index contributed by atoms with van der Waals surface area (Å²) < 4.78 is 9.77. The lowest BCUT2D eigenvalue weighted by molar-refractivity contribution is -0.135. The highest BCUT2D eigenvalue weighted by Crippen LogP contribution is 2.32. The fourth-order valence-corrected chi connectivity index (χ4v) is 1.53. The summed E-state index contributed by atoms with van der Waals surface area (Å²) in [6.45, 7) is 0. The van der Waals surface area contributed by atoms with Gasteiger partial charge in [0.05, 0.1) is 12.5 Å². The second-order valence-corrected chi connectivity index (χ2v) is 3.58. The van der Waals surface area contributed by atoms with Gasteiger partial charge in [-0.15, -0.1) is 0 Å². The molecule has 0 aliphatic heterocycles. The van der Waals surface area contributed by atoms with Crippen LogP contribution in [-0.2, 0) is 9.53 Å². The molecule has 5 heteroatoms. The summed E-state index contributed by atoms with van der Waals surface area (Å²) in [5.74, 6) is -0.738. The van der Waals surface area contributed by atoms with E-state index in [2.05, 4.69) is 10.5 Å². The number of furan rings is 1. The van der Waals surface area contributed by atoms with Crippen molar-refractivity contribution in [3.05, 3.63) is 41.3 Å². The van der Waals surface area contributed by atoms with E-state index >= 15 is 0 Å². The van der Waals surface area contributed by atoms with Crippen LogP contribution in [0.15, 0.2) is 40.0 Å². The number of hydrogen-bond donors (Lipinski definition) is 1. The smallest absolute Gasteiger partial charge is 0.356 e. The Labute approximate surface area is 108 Å². The van der Waals surface area contributed by atoms with Gasteiger partial charge in [-0.1, -0.05) is 17.9 Å². The van der Waals surface area contributed by atoms with Gasteiger partial charge in [-0.25, -0.2) is 4.79 Å². The molecule has 2 aromatic rings. The number of rotatable bonds is 2. The molecule has 1 aromatic carbocycles. The van der Waals surface area contributed by atoms with Crippen LogP contribution < -0.4 is 0 Å². The Balaban J connectivity index is 2.52. The van der Waals surface area contributed by atoms with Crippen LogP contribution in [0.2, 0.25) is 0 Å². The van der Waals surface area contributed by atoms with Crippen molar-refractivity contribution in [2.24, 2.45) is 0 Å². The standard InChI is InChI=1S/C14H9NO4/c1-18-14(17)9(8-15)6-7-12-13(16)10-4-2-3-5-11(10)19-12/h2-5,7,16H,1H3. The van der Waals surface area contributed by atoms with Crippen LogP contribution in [0.25, 0.3) is 17.0 Å². The molecule has 0 aliphatic carbocycles. The molecule has 1 aromatic heterocycles. The zero-order chi connectivity index (χ0) is 13.8. The van der Waals surface area contributed by atoms with Gasteiger partial charge in [-0.05, 0) is 12.1 Å². The van der Waals surface area contributed by atoms with E-state index in [1.165, 1.54) is 13.2 Å². The summed E-state index contributed by atoms with van der Waals surface area (Å²) in [6.07, 6.45) is 1.23. The molecule has 0 unspecified atom stereocenters. The summed E-state index contributed by atoms with van der Waals surface area (Å²) >= 11 is 0. The van der Waals surface area contributed by atoms with E-state index in [0.717, 1.165) is 0 Å². The van der Waals surface area contributed by atoms with Gasteiger partial charge in [-0.2, -0.15) is 5.26 Å². The molecule has 0 saturated carbocycles. The zero-order valence-corrected chi connectivity index (χ0v) is 10.0. The average Bonchev–Trinajstić information content (AvgIpc) is 2.76. The van der Waals surface area contributed by atoms with E-state index in [9.17, 15) is 9.90 Å². The second kappa shape index (κ2) is 5.13. The number of para-hydroxylation sites is 1. The van der Waals surface area contributed by atoms with Crippen LogP contribution in [0, 0.1) is 11.3 Å². The first-order chi connectivity index (χ1) is 9.17. The maximum Gasteiger partial charge on any atom is 0.356 e. The lowest BCUT2D eigenvalue weighted by Gasteiger charge is -1.90. The van der Waals surface area contributed by atoms with Crippen molar-refractivity contribution in [1.82, 2.24) is 0 Å². The first-order valence-corrected chi connectivity index (χ1v) is 5.33. The van der Waals surface area contributed by atoms with E-state index in [1.807, 2.05) is 0 Å². The van der Waals surface area contributed by atoms with Crippen molar-refractivity contribution < 1.29 is 19.1 Å². The highest BCUT2D eigenvalue weighted by molar-refractivity contribution is 5.93. The number of fused-ring (bicyclic) bond motifs is 1. The fraction of sp³-hybridized carbons (Fsp3) is 0.0714. The van der Waals surface area contributed by atoms with Crippen LogP contribution >= 0.6 is 0 Å². The van der Waals surface area contributed by atoms with Crippen LogP contribution in [0.5, 0.6) is 5.75 Å². The van der Waals surface area contributed by atoms with Gasteiger partial charge < -0.3 is 14.3 Å². The van der Waals surface area contributed by atoms with Gasteiger partial charge in [0, 0.05) is 6.08 Å². The Hall–Kier alpha value is -2.96. The van der Waals surface area contributed by atoms with Gasteiger partial charge in [0.2, 0.25) is 0 Å². The Bertz CT molecular complexity index is 742. The zero-order valence-electron chi connectivity index (χ0n) is 10.0. The number of methoxy groups -OCH3 is 1. The van der Waals surface area contributed by atoms with Crippen molar-refractivity contribution in [3.63, 3.8) is 0 Å². The molecule has 0 amide bonds. The summed E-state index contributed by atoms with van der Waals surface area (Å²) in [4.78, 5) is 11.2. The number of carbonyl (C=O) groups is 1. The van der Waals surface area contributed by atoms with Crippen molar-refractivity contribution in [3.8, 4) is 11.8 Å². The molecule has 2 rings (SSSR count). The van der Waals surface area contributed by atoms with Gasteiger partial charge in [0.15, 0.2) is 17.1 Å². The molecule has 94 valence electrons. The monoisotopic (exact) mass is 255 g/mol. The Kier molecular flexibility index (Phi) is 3.37. The number of nitriles is 1. The second-order valence-electron chi connectivity index (χ2n) is 3.58. The van der Waals surface area contributed by atoms with Gasteiger partial charge in [-0.3, -0.25) is 0 Å². The molecule has 0 radical (unpaired) electrons. The number of ether oxygens (including phenoxy) is 1. The Morgan fingerprint density at radius 3 is 2.84 bits per heavy atom. The van der Waals surface area contributed by atoms with E-state index in [0.29, 0.717) is 11.0 Å². The van der Waals surface area contributed by atoms with E-state index in [1.54, 1.807) is 30.3 Å². The third-order valence-corrected chi connectivity index (χ3v) is 2.44. The van der Waals surface area contributed by atoms with E-state index in [-0.39, 0.29) is 17.1 Å². The molecule has 1 N–H and O–H groups in total. The highest BCUT2D eigenvalue weighted by atomic mass is 16.5. The first kappa shape index (κ1) is 12.5.